The summed E-state index contributed by atoms with van der Waals surface area (Å²) in [7, 11) is 0. The lowest BCUT2D eigenvalue weighted by Gasteiger charge is -2.17. The average molecular weight is 295 g/mol. The van der Waals surface area contributed by atoms with Crippen LogP contribution in [0.15, 0.2) is 30.5 Å². The van der Waals surface area contributed by atoms with Crippen molar-refractivity contribution in [1.82, 2.24) is 20.2 Å². The van der Waals surface area contributed by atoms with Crippen LogP contribution in [0.25, 0.3) is 11.0 Å². The highest BCUT2D eigenvalue weighted by Crippen LogP contribution is 2.20. The molecule has 0 atom stereocenters. The Kier molecular flexibility index (Phi) is 3.34. The molecule has 1 aliphatic rings. The summed E-state index contributed by atoms with van der Waals surface area (Å²) in [6, 6.07) is 8.02. The van der Waals surface area contributed by atoms with Gasteiger partial charge >= 0.3 is 0 Å². The number of aryl methyl sites for hydroxylation is 1. The van der Waals surface area contributed by atoms with Gasteiger partial charge in [0.25, 0.3) is 0 Å². The Morgan fingerprint density at radius 2 is 2.14 bits per heavy atom. The van der Waals surface area contributed by atoms with Crippen molar-refractivity contribution in [2.45, 2.75) is 19.3 Å². The van der Waals surface area contributed by atoms with Crippen LogP contribution in [-0.4, -0.2) is 33.3 Å². The highest BCUT2D eigenvalue weighted by molar-refractivity contribution is 5.73. The van der Waals surface area contributed by atoms with E-state index in [1.54, 1.807) is 6.20 Å². The number of hydrogen-bond donors (Lipinski definition) is 2. The van der Waals surface area contributed by atoms with Crippen molar-refractivity contribution in [3.05, 3.63) is 41.7 Å². The second-order valence-electron chi connectivity index (χ2n) is 5.39. The van der Waals surface area contributed by atoms with Gasteiger partial charge in [0.05, 0.1) is 18.3 Å². The number of fused-ring (bicyclic) bond motifs is 2. The van der Waals surface area contributed by atoms with Gasteiger partial charge < -0.3 is 10.1 Å². The minimum atomic E-state index is 0.558. The third kappa shape index (κ3) is 2.59. The molecule has 22 heavy (non-hydrogen) atoms. The Morgan fingerprint density at radius 3 is 3.14 bits per heavy atom. The van der Waals surface area contributed by atoms with Gasteiger partial charge in [-0.15, -0.1) is 0 Å². The Morgan fingerprint density at radius 1 is 1.14 bits per heavy atom. The van der Waals surface area contributed by atoms with Gasteiger partial charge in [-0.1, -0.05) is 6.07 Å². The number of aromatic amines is 1. The number of pyridine rings is 2. The van der Waals surface area contributed by atoms with Crippen LogP contribution < -0.4 is 10.1 Å². The summed E-state index contributed by atoms with van der Waals surface area (Å²) in [5, 5.41) is 10.2. The Balaban J connectivity index is 1.40. The highest BCUT2D eigenvalue weighted by Gasteiger charge is 2.10. The third-order valence-corrected chi connectivity index (χ3v) is 3.83. The summed E-state index contributed by atoms with van der Waals surface area (Å²) in [5.74, 6) is 1.65. The largest absolute Gasteiger partial charge is 0.477 e. The molecular weight excluding hydrogens is 278 g/mol. The van der Waals surface area contributed by atoms with Gasteiger partial charge in [-0.25, -0.2) is 9.97 Å². The molecule has 0 saturated carbocycles. The minimum Gasteiger partial charge on any atom is -0.477 e. The smallest absolute Gasteiger partial charge is 0.213 e. The number of hydrogen-bond acceptors (Lipinski definition) is 5. The maximum atomic E-state index is 5.72. The molecule has 0 bridgehead atoms. The fourth-order valence-corrected chi connectivity index (χ4v) is 2.66. The standard InChI is InChI=1S/C16H17N5O/c1-2-11-3-4-12(19-16(11)17-8-1)7-9-22-15-6-5-13-14(20-15)10-18-21-13/h3-6,10H,1-2,7-9H2,(H,17,19)(H,18,21). The van der Waals surface area contributed by atoms with Crippen molar-refractivity contribution in [3.63, 3.8) is 0 Å². The highest BCUT2D eigenvalue weighted by atomic mass is 16.5. The molecule has 3 aromatic heterocycles. The predicted octanol–water partition coefficient (Wildman–Crippen LogP) is 2.33. The minimum absolute atomic E-state index is 0.558. The molecule has 0 amide bonds. The van der Waals surface area contributed by atoms with E-state index < -0.39 is 0 Å². The van der Waals surface area contributed by atoms with Gasteiger partial charge in [0.2, 0.25) is 5.88 Å². The van der Waals surface area contributed by atoms with E-state index in [2.05, 4.69) is 37.6 Å². The number of anilines is 1. The van der Waals surface area contributed by atoms with Gasteiger partial charge in [0, 0.05) is 24.7 Å². The Hall–Kier alpha value is -2.63. The van der Waals surface area contributed by atoms with E-state index in [-0.39, 0.29) is 0 Å². The molecule has 4 rings (SSSR count). The molecule has 0 spiro atoms. The maximum absolute atomic E-state index is 5.72. The number of ether oxygens (including phenoxy) is 1. The zero-order valence-corrected chi connectivity index (χ0v) is 12.2. The van der Waals surface area contributed by atoms with Crippen LogP contribution in [0.2, 0.25) is 0 Å². The lowest BCUT2D eigenvalue weighted by molar-refractivity contribution is 0.309. The zero-order valence-electron chi connectivity index (χ0n) is 12.2. The molecular formula is C16H17N5O. The molecule has 0 saturated heterocycles. The second kappa shape index (κ2) is 5.63. The van der Waals surface area contributed by atoms with E-state index in [1.807, 2.05) is 12.1 Å². The van der Waals surface area contributed by atoms with Crippen molar-refractivity contribution in [2.75, 3.05) is 18.5 Å². The second-order valence-corrected chi connectivity index (χ2v) is 5.39. The molecule has 6 heteroatoms. The molecule has 1 aliphatic heterocycles. The van der Waals surface area contributed by atoms with Crippen LogP contribution in [0.3, 0.4) is 0 Å². The Bertz CT molecular complexity index is 798. The molecule has 0 radical (unpaired) electrons. The van der Waals surface area contributed by atoms with Gasteiger partial charge in [0.15, 0.2) is 0 Å². The summed E-state index contributed by atoms with van der Waals surface area (Å²) in [5.41, 5.74) is 4.07. The van der Waals surface area contributed by atoms with E-state index >= 15 is 0 Å². The van der Waals surface area contributed by atoms with Crippen LogP contribution in [0, 0.1) is 0 Å². The lowest BCUT2D eigenvalue weighted by Crippen LogP contribution is -2.14. The molecule has 4 heterocycles. The zero-order chi connectivity index (χ0) is 14.8. The van der Waals surface area contributed by atoms with Gasteiger partial charge in [-0.05, 0) is 30.5 Å². The van der Waals surface area contributed by atoms with E-state index in [1.165, 1.54) is 12.0 Å². The van der Waals surface area contributed by atoms with Crippen LogP contribution >= 0.6 is 0 Å². The van der Waals surface area contributed by atoms with Gasteiger partial charge in [-0.3, -0.25) is 5.10 Å². The van der Waals surface area contributed by atoms with Crippen LogP contribution in [-0.2, 0) is 12.8 Å². The van der Waals surface area contributed by atoms with Crippen molar-refractivity contribution in [3.8, 4) is 5.88 Å². The third-order valence-electron chi connectivity index (χ3n) is 3.83. The fraction of sp³-hybridized carbons (Fsp3) is 0.312. The summed E-state index contributed by atoms with van der Waals surface area (Å²) >= 11 is 0. The summed E-state index contributed by atoms with van der Waals surface area (Å²) in [6.45, 7) is 1.57. The topological polar surface area (TPSA) is 75.7 Å². The maximum Gasteiger partial charge on any atom is 0.213 e. The van der Waals surface area contributed by atoms with Crippen LogP contribution in [0.4, 0.5) is 5.82 Å². The molecule has 0 fully saturated rings. The quantitative estimate of drug-likeness (QED) is 0.772. The number of H-pyrrole nitrogens is 1. The first-order chi connectivity index (χ1) is 10.9. The van der Waals surface area contributed by atoms with E-state index in [0.29, 0.717) is 12.5 Å². The van der Waals surface area contributed by atoms with E-state index in [4.69, 9.17) is 4.74 Å². The van der Waals surface area contributed by atoms with Crippen molar-refractivity contribution >= 4 is 16.9 Å². The van der Waals surface area contributed by atoms with Crippen LogP contribution in [0.5, 0.6) is 5.88 Å². The fourth-order valence-electron chi connectivity index (χ4n) is 2.66. The number of rotatable bonds is 4. The summed E-state index contributed by atoms with van der Waals surface area (Å²) in [4.78, 5) is 9.05. The molecule has 0 aliphatic carbocycles. The number of aromatic nitrogens is 4. The van der Waals surface area contributed by atoms with Crippen LogP contribution in [0.1, 0.15) is 17.7 Å². The molecule has 0 unspecified atom stereocenters. The van der Waals surface area contributed by atoms with Crippen molar-refractivity contribution < 1.29 is 4.74 Å². The molecule has 2 N–H and O–H groups in total. The predicted molar refractivity (Wildman–Crippen MR) is 84.1 cm³/mol. The molecule has 3 aromatic rings. The number of nitrogens with one attached hydrogen (secondary N) is 2. The first kappa shape index (κ1) is 13.1. The van der Waals surface area contributed by atoms with E-state index in [0.717, 1.165) is 41.9 Å². The molecule has 112 valence electrons. The normalized spacial score (nSPS) is 13.6. The number of nitrogens with zero attached hydrogens (tertiary/aromatic N) is 3. The summed E-state index contributed by atoms with van der Waals surface area (Å²) < 4.78 is 5.72. The van der Waals surface area contributed by atoms with Crippen molar-refractivity contribution in [1.29, 1.82) is 0 Å². The SMILES string of the molecule is c1cc2c(nc1CCOc1ccc3[nH]ncc3n1)NCCC2. The first-order valence-corrected chi connectivity index (χ1v) is 7.54. The molecule has 0 aromatic carbocycles. The average Bonchev–Trinajstić information content (AvgIpc) is 3.02. The van der Waals surface area contributed by atoms with Gasteiger partial charge in [0.1, 0.15) is 11.3 Å². The summed E-state index contributed by atoms with van der Waals surface area (Å²) in [6.07, 6.45) is 4.75. The van der Waals surface area contributed by atoms with E-state index in [9.17, 15) is 0 Å². The van der Waals surface area contributed by atoms with Gasteiger partial charge in [-0.2, -0.15) is 5.10 Å². The lowest BCUT2D eigenvalue weighted by atomic mass is 10.1. The monoisotopic (exact) mass is 295 g/mol. The first-order valence-electron chi connectivity index (χ1n) is 7.54. The van der Waals surface area contributed by atoms with Crippen molar-refractivity contribution in [2.24, 2.45) is 0 Å². The Labute approximate surface area is 127 Å². The molecule has 6 nitrogen and oxygen atoms in total.